The average Bonchev–Trinajstić information content (AvgIpc) is 3.32. The van der Waals surface area contributed by atoms with Crippen molar-refractivity contribution in [3.63, 3.8) is 0 Å². The summed E-state index contributed by atoms with van der Waals surface area (Å²) in [5.74, 6) is 1.59. The van der Waals surface area contributed by atoms with Gasteiger partial charge in [0.1, 0.15) is 11.4 Å². The van der Waals surface area contributed by atoms with Crippen molar-refractivity contribution in [1.29, 1.82) is 0 Å². The van der Waals surface area contributed by atoms with E-state index in [4.69, 9.17) is 0 Å². The van der Waals surface area contributed by atoms with Gasteiger partial charge < -0.3 is 10.2 Å². The number of ketones is 1. The Kier molecular flexibility index (Phi) is 3.12. The van der Waals surface area contributed by atoms with Gasteiger partial charge in [-0.25, -0.2) is 0 Å². The molecule has 3 unspecified atom stereocenters. The van der Waals surface area contributed by atoms with Crippen LogP contribution in [0.15, 0.2) is 18.2 Å². The molecule has 0 aliphatic heterocycles. The molecule has 22 heavy (non-hydrogen) atoms. The van der Waals surface area contributed by atoms with Crippen molar-refractivity contribution in [3.8, 4) is 5.75 Å². The molecule has 2 saturated carbocycles. The number of hydrogen-bond acceptors (Lipinski definition) is 3. The molecule has 4 atom stereocenters. The summed E-state index contributed by atoms with van der Waals surface area (Å²) in [6.45, 7) is 2.06. The fourth-order valence-corrected chi connectivity index (χ4v) is 4.80. The molecule has 3 heteroatoms. The van der Waals surface area contributed by atoms with Crippen molar-refractivity contribution in [2.45, 2.75) is 57.0 Å². The van der Waals surface area contributed by atoms with Crippen molar-refractivity contribution in [3.05, 3.63) is 29.3 Å². The van der Waals surface area contributed by atoms with E-state index in [2.05, 4.69) is 6.92 Å². The van der Waals surface area contributed by atoms with Gasteiger partial charge in [0.15, 0.2) is 5.78 Å². The van der Waals surface area contributed by atoms with Gasteiger partial charge in [0.2, 0.25) is 0 Å². The number of carbonyl (C=O) groups is 1. The van der Waals surface area contributed by atoms with Gasteiger partial charge in [0, 0.05) is 6.42 Å². The van der Waals surface area contributed by atoms with E-state index in [0.717, 1.165) is 25.7 Å². The standard InChI is InChI=1S/C19H24O3/c1-11(12-2-3-12)19(22)10-14-5-4-13-8-15(20)6-7-16(13)17(14)9-18(19)21/h6-8,11-12,14,17,20,22H,2-5,9-10H2,1H3/t11?,14-,17?,19?/m1/s1. The molecule has 0 aromatic heterocycles. The highest BCUT2D eigenvalue weighted by molar-refractivity contribution is 5.89. The molecule has 1 aromatic carbocycles. The summed E-state index contributed by atoms with van der Waals surface area (Å²) in [6, 6.07) is 5.53. The van der Waals surface area contributed by atoms with E-state index >= 15 is 0 Å². The zero-order valence-corrected chi connectivity index (χ0v) is 13.1. The van der Waals surface area contributed by atoms with Gasteiger partial charge in [-0.15, -0.1) is 0 Å². The lowest BCUT2D eigenvalue weighted by atomic mass is 9.60. The lowest BCUT2D eigenvalue weighted by Crippen LogP contribution is -2.52. The topological polar surface area (TPSA) is 57.5 Å². The van der Waals surface area contributed by atoms with Crippen LogP contribution in [0.3, 0.4) is 0 Å². The average molecular weight is 300 g/mol. The Morgan fingerprint density at radius 3 is 2.77 bits per heavy atom. The highest BCUT2D eigenvalue weighted by atomic mass is 16.3. The molecule has 4 rings (SSSR count). The minimum absolute atomic E-state index is 0.0362. The molecular weight excluding hydrogens is 276 g/mol. The van der Waals surface area contributed by atoms with Crippen LogP contribution in [0, 0.1) is 17.8 Å². The second-order valence-corrected chi connectivity index (χ2v) is 7.67. The molecule has 118 valence electrons. The molecule has 2 fully saturated rings. The normalized spacial score (nSPS) is 35.6. The Bertz CT molecular complexity index is 619. The monoisotopic (exact) mass is 300 g/mol. The highest BCUT2D eigenvalue weighted by Gasteiger charge is 2.53. The Labute approximate surface area is 131 Å². The first-order valence-electron chi connectivity index (χ1n) is 8.56. The second kappa shape index (κ2) is 4.82. The molecule has 2 N–H and O–H groups in total. The highest BCUT2D eigenvalue weighted by Crippen LogP contribution is 2.52. The summed E-state index contributed by atoms with van der Waals surface area (Å²) in [4.78, 5) is 12.7. The van der Waals surface area contributed by atoms with Crippen LogP contribution in [-0.2, 0) is 11.2 Å². The van der Waals surface area contributed by atoms with Crippen LogP contribution in [0.2, 0.25) is 0 Å². The molecule has 3 aliphatic carbocycles. The van der Waals surface area contributed by atoms with Crippen molar-refractivity contribution in [2.24, 2.45) is 17.8 Å². The fraction of sp³-hybridized carbons (Fsp3) is 0.632. The van der Waals surface area contributed by atoms with Crippen LogP contribution >= 0.6 is 0 Å². The van der Waals surface area contributed by atoms with Gasteiger partial charge in [-0.1, -0.05) is 13.0 Å². The lowest BCUT2D eigenvalue weighted by molar-refractivity contribution is -0.153. The molecule has 0 saturated heterocycles. The smallest absolute Gasteiger partial charge is 0.165 e. The molecule has 1 aromatic rings. The number of carbonyl (C=O) groups excluding carboxylic acids is 1. The number of Topliss-reactive ketones (excluding diaryl/α,β-unsaturated/α-hetero) is 1. The van der Waals surface area contributed by atoms with Crippen LogP contribution in [0.1, 0.15) is 56.1 Å². The molecule has 3 aliphatic rings. The van der Waals surface area contributed by atoms with Crippen LogP contribution < -0.4 is 0 Å². The predicted molar refractivity (Wildman–Crippen MR) is 83.7 cm³/mol. The van der Waals surface area contributed by atoms with Gasteiger partial charge in [-0.05, 0) is 79.0 Å². The quantitative estimate of drug-likeness (QED) is 0.882. The number of fused-ring (bicyclic) bond motifs is 3. The maximum atomic E-state index is 12.7. The summed E-state index contributed by atoms with van der Waals surface area (Å²) in [5, 5.41) is 20.7. The third-order valence-electron chi connectivity index (χ3n) is 6.42. The maximum absolute atomic E-state index is 12.7. The summed E-state index contributed by atoms with van der Waals surface area (Å²) in [5.41, 5.74) is 1.29. The summed E-state index contributed by atoms with van der Waals surface area (Å²) < 4.78 is 0. The zero-order valence-electron chi connectivity index (χ0n) is 13.1. The number of benzene rings is 1. The van der Waals surface area contributed by atoms with Gasteiger partial charge in [-0.2, -0.15) is 0 Å². The molecule has 0 heterocycles. The Morgan fingerprint density at radius 2 is 2.05 bits per heavy atom. The first-order chi connectivity index (χ1) is 10.5. The van der Waals surface area contributed by atoms with Gasteiger partial charge in [0.05, 0.1) is 0 Å². The SMILES string of the molecule is CC(C1CC1)C1(O)C[C@H]2CCc3cc(O)ccc3C2CC1=O. The predicted octanol–water partition coefficient (Wildman–Crippen LogP) is 3.18. The Morgan fingerprint density at radius 1 is 1.27 bits per heavy atom. The number of rotatable bonds is 2. The largest absolute Gasteiger partial charge is 0.508 e. The van der Waals surface area contributed by atoms with Crippen LogP contribution in [0.5, 0.6) is 5.75 Å². The number of aryl methyl sites for hydroxylation is 1. The first-order valence-corrected chi connectivity index (χ1v) is 8.56. The Balaban J connectivity index is 1.64. The van der Waals surface area contributed by atoms with E-state index in [1.54, 1.807) is 6.07 Å². The van der Waals surface area contributed by atoms with Gasteiger partial charge in [0.25, 0.3) is 0 Å². The third-order valence-corrected chi connectivity index (χ3v) is 6.42. The molecule has 0 radical (unpaired) electrons. The van der Waals surface area contributed by atoms with Crippen LogP contribution in [0.4, 0.5) is 0 Å². The maximum Gasteiger partial charge on any atom is 0.165 e. The van der Waals surface area contributed by atoms with Crippen molar-refractivity contribution < 1.29 is 15.0 Å². The second-order valence-electron chi connectivity index (χ2n) is 7.67. The zero-order chi connectivity index (χ0) is 15.5. The van der Waals surface area contributed by atoms with E-state index in [1.807, 2.05) is 12.1 Å². The van der Waals surface area contributed by atoms with E-state index in [-0.39, 0.29) is 17.6 Å². The minimum atomic E-state index is -1.10. The summed E-state index contributed by atoms with van der Waals surface area (Å²) in [7, 11) is 0. The third kappa shape index (κ3) is 2.10. The van der Waals surface area contributed by atoms with E-state index in [1.165, 1.54) is 11.1 Å². The molecule has 0 spiro atoms. The minimum Gasteiger partial charge on any atom is -0.508 e. The lowest BCUT2D eigenvalue weighted by Gasteiger charge is -2.46. The van der Waals surface area contributed by atoms with Gasteiger partial charge in [-0.3, -0.25) is 4.79 Å². The number of aromatic hydroxyl groups is 1. The van der Waals surface area contributed by atoms with E-state index < -0.39 is 5.60 Å². The summed E-state index contributed by atoms with van der Waals surface area (Å²) >= 11 is 0. The van der Waals surface area contributed by atoms with Crippen LogP contribution in [0.25, 0.3) is 0 Å². The van der Waals surface area contributed by atoms with Crippen molar-refractivity contribution >= 4 is 5.78 Å². The fourth-order valence-electron chi connectivity index (χ4n) is 4.80. The molecule has 0 bridgehead atoms. The molecule has 0 amide bonds. The summed E-state index contributed by atoms with van der Waals surface area (Å²) in [6.07, 6.45) is 5.34. The number of phenols is 1. The van der Waals surface area contributed by atoms with Crippen LogP contribution in [-0.4, -0.2) is 21.6 Å². The van der Waals surface area contributed by atoms with Crippen molar-refractivity contribution in [2.75, 3.05) is 0 Å². The number of hydrogen-bond donors (Lipinski definition) is 2. The number of aliphatic hydroxyl groups is 1. The van der Waals surface area contributed by atoms with E-state index in [0.29, 0.717) is 30.4 Å². The Hall–Kier alpha value is -1.35. The van der Waals surface area contributed by atoms with Crippen molar-refractivity contribution in [1.82, 2.24) is 0 Å². The first kappa shape index (κ1) is 14.3. The van der Waals surface area contributed by atoms with Gasteiger partial charge >= 0.3 is 0 Å². The van der Waals surface area contributed by atoms with E-state index in [9.17, 15) is 15.0 Å². The number of phenolic OH excluding ortho intramolecular Hbond substituents is 1. The molecular formula is C19H24O3. The molecule has 3 nitrogen and oxygen atoms in total.